The molecular formula is C11H10Cl2NO4S-. The molecule has 0 saturated carbocycles. The van der Waals surface area contributed by atoms with Gasteiger partial charge < -0.3 is 9.90 Å². The van der Waals surface area contributed by atoms with Gasteiger partial charge in [-0.25, -0.2) is 8.42 Å². The number of sulfonamides is 1. The molecule has 1 fully saturated rings. The van der Waals surface area contributed by atoms with Gasteiger partial charge in [0.1, 0.15) is 4.90 Å². The summed E-state index contributed by atoms with van der Waals surface area (Å²) in [5, 5.41) is 10.6. The number of halogens is 2. The van der Waals surface area contributed by atoms with Gasteiger partial charge in [0.05, 0.1) is 16.0 Å². The van der Waals surface area contributed by atoms with Gasteiger partial charge in [0, 0.05) is 18.7 Å². The van der Waals surface area contributed by atoms with Gasteiger partial charge in [-0.3, -0.25) is 0 Å². The van der Waals surface area contributed by atoms with E-state index in [1.807, 2.05) is 0 Å². The van der Waals surface area contributed by atoms with Gasteiger partial charge in [-0.05, 0) is 25.0 Å². The van der Waals surface area contributed by atoms with Gasteiger partial charge in [-0.2, -0.15) is 4.31 Å². The van der Waals surface area contributed by atoms with E-state index in [0.717, 1.165) is 25.0 Å². The first kappa shape index (κ1) is 14.6. The van der Waals surface area contributed by atoms with Crippen molar-refractivity contribution in [2.75, 3.05) is 13.1 Å². The summed E-state index contributed by atoms with van der Waals surface area (Å²) in [6, 6.07) is 2.06. The standard InChI is InChI=1S/C11H11Cl2NO4S/c12-8-6-9(13)10(5-7(8)11(15)16)19(17,18)14-3-1-2-4-14/h5-6H,1-4H2,(H,15,16)/p-1. The van der Waals surface area contributed by atoms with Crippen molar-refractivity contribution < 1.29 is 18.3 Å². The molecule has 8 heteroatoms. The molecule has 1 heterocycles. The van der Waals surface area contributed by atoms with Crippen LogP contribution in [0, 0.1) is 0 Å². The lowest BCUT2D eigenvalue weighted by molar-refractivity contribution is -0.255. The van der Waals surface area contributed by atoms with E-state index in [-0.39, 0.29) is 20.5 Å². The van der Waals surface area contributed by atoms with Crippen LogP contribution in [0.1, 0.15) is 23.2 Å². The van der Waals surface area contributed by atoms with Gasteiger partial charge in [0.2, 0.25) is 10.0 Å². The molecule has 1 aromatic carbocycles. The topological polar surface area (TPSA) is 77.5 Å². The van der Waals surface area contributed by atoms with Crippen LogP contribution in [0.4, 0.5) is 0 Å². The zero-order valence-electron chi connectivity index (χ0n) is 9.73. The van der Waals surface area contributed by atoms with Crippen LogP contribution >= 0.6 is 23.2 Å². The fourth-order valence-corrected chi connectivity index (χ4v) is 4.29. The van der Waals surface area contributed by atoms with Crippen molar-refractivity contribution in [2.24, 2.45) is 0 Å². The smallest absolute Gasteiger partial charge is 0.244 e. The van der Waals surface area contributed by atoms with E-state index in [1.165, 1.54) is 4.31 Å². The van der Waals surface area contributed by atoms with Crippen LogP contribution in [0.2, 0.25) is 10.0 Å². The molecule has 1 saturated heterocycles. The Morgan fingerprint density at radius 1 is 1.16 bits per heavy atom. The third kappa shape index (κ3) is 2.72. The van der Waals surface area contributed by atoms with E-state index in [2.05, 4.69) is 0 Å². The molecule has 5 nitrogen and oxygen atoms in total. The molecule has 0 spiro atoms. The molecule has 0 N–H and O–H groups in total. The van der Waals surface area contributed by atoms with Crippen LogP contribution < -0.4 is 5.11 Å². The molecule has 1 aliphatic rings. The van der Waals surface area contributed by atoms with E-state index in [0.29, 0.717) is 13.1 Å². The number of aromatic carboxylic acids is 1. The first-order valence-corrected chi connectivity index (χ1v) is 7.74. The van der Waals surface area contributed by atoms with Gasteiger partial charge >= 0.3 is 0 Å². The number of carbonyl (C=O) groups excluding carboxylic acids is 1. The Balaban J connectivity index is 2.55. The molecule has 0 unspecified atom stereocenters. The summed E-state index contributed by atoms with van der Waals surface area (Å²) in [6.07, 6.45) is 1.55. The van der Waals surface area contributed by atoms with Gasteiger partial charge in [0.15, 0.2) is 0 Å². The van der Waals surface area contributed by atoms with E-state index >= 15 is 0 Å². The zero-order valence-corrected chi connectivity index (χ0v) is 12.1. The van der Waals surface area contributed by atoms with Crippen LogP contribution in [0.3, 0.4) is 0 Å². The number of nitrogens with zero attached hydrogens (tertiary/aromatic N) is 1. The Bertz CT molecular complexity index is 624. The van der Waals surface area contributed by atoms with Crippen LogP contribution in [-0.2, 0) is 10.0 Å². The molecule has 0 bridgehead atoms. The summed E-state index contributed by atoms with van der Waals surface area (Å²) in [6.45, 7) is 0.809. The summed E-state index contributed by atoms with van der Waals surface area (Å²) < 4.78 is 25.9. The Kier molecular flexibility index (Phi) is 4.06. The van der Waals surface area contributed by atoms with Crippen molar-refractivity contribution in [1.82, 2.24) is 4.31 Å². The molecule has 1 aromatic rings. The predicted octanol–water partition coefficient (Wildman–Crippen LogP) is 1.14. The summed E-state index contributed by atoms with van der Waals surface area (Å²) in [5.74, 6) is -1.54. The largest absolute Gasteiger partial charge is 0.545 e. The fraction of sp³-hybridized carbons (Fsp3) is 0.364. The maximum Gasteiger partial charge on any atom is 0.244 e. The third-order valence-corrected chi connectivity index (χ3v) is 5.60. The van der Waals surface area contributed by atoms with Gasteiger partial charge in [-0.15, -0.1) is 0 Å². The van der Waals surface area contributed by atoms with Crippen LogP contribution in [-0.4, -0.2) is 31.8 Å². The summed E-state index contributed by atoms with van der Waals surface area (Å²) in [4.78, 5) is 10.6. The van der Waals surface area contributed by atoms with Crippen LogP contribution in [0.25, 0.3) is 0 Å². The van der Waals surface area contributed by atoms with Crippen molar-refractivity contribution in [3.63, 3.8) is 0 Å². The second-order valence-corrected chi connectivity index (χ2v) is 6.88. The Labute approximate surface area is 120 Å². The predicted molar refractivity (Wildman–Crippen MR) is 68.8 cm³/mol. The third-order valence-electron chi connectivity index (χ3n) is 2.92. The number of carboxylic acids is 1. The van der Waals surface area contributed by atoms with E-state index in [1.54, 1.807) is 0 Å². The van der Waals surface area contributed by atoms with Gasteiger partial charge in [0.25, 0.3) is 0 Å². The minimum absolute atomic E-state index is 0.0955. The van der Waals surface area contributed by atoms with E-state index in [4.69, 9.17) is 23.2 Å². The molecule has 2 rings (SSSR count). The van der Waals surface area contributed by atoms with Crippen molar-refractivity contribution in [3.05, 3.63) is 27.7 Å². The summed E-state index contributed by atoms with van der Waals surface area (Å²) in [7, 11) is -3.79. The second kappa shape index (κ2) is 5.28. The highest BCUT2D eigenvalue weighted by atomic mass is 35.5. The van der Waals surface area contributed by atoms with Crippen molar-refractivity contribution in [3.8, 4) is 0 Å². The van der Waals surface area contributed by atoms with Crippen molar-refractivity contribution in [1.29, 1.82) is 0 Å². The molecular weight excluding hydrogens is 313 g/mol. The Hall–Kier alpha value is -0.820. The molecule has 104 valence electrons. The molecule has 0 aliphatic carbocycles. The number of hydrogen-bond acceptors (Lipinski definition) is 4. The molecule has 0 amide bonds. The first-order valence-electron chi connectivity index (χ1n) is 5.54. The lowest BCUT2D eigenvalue weighted by Crippen LogP contribution is -2.29. The normalized spacial score (nSPS) is 16.7. The lowest BCUT2D eigenvalue weighted by atomic mass is 10.2. The average molecular weight is 323 g/mol. The fourth-order valence-electron chi connectivity index (χ4n) is 1.95. The van der Waals surface area contributed by atoms with Crippen molar-refractivity contribution >= 4 is 39.2 Å². The lowest BCUT2D eigenvalue weighted by Gasteiger charge is -2.18. The minimum atomic E-state index is -3.79. The SMILES string of the molecule is O=C([O-])c1cc(S(=O)(=O)N2CCCC2)c(Cl)cc1Cl. The number of hydrogen-bond donors (Lipinski definition) is 0. The maximum atomic E-state index is 12.3. The molecule has 19 heavy (non-hydrogen) atoms. The van der Waals surface area contributed by atoms with E-state index < -0.39 is 16.0 Å². The first-order chi connectivity index (χ1) is 8.84. The quantitative estimate of drug-likeness (QED) is 0.836. The molecule has 0 aromatic heterocycles. The maximum absolute atomic E-state index is 12.3. The Morgan fingerprint density at radius 3 is 2.26 bits per heavy atom. The van der Waals surface area contributed by atoms with Crippen molar-refractivity contribution in [2.45, 2.75) is 17.7 Å². The average Bonchev–Trinajstić information content (AvgIpc) is 2.81. The Morgan fingerprint density at radius 2 is 1.74 bits per heavy atom. The monoisotopic (exact) mass is 322 g/mol. The number of rotatable bonds is 3. The number of carbonyl (C=O) groups is 1. The zero-order chi connectivity index (χ0) is 14.2. The van der Waals surface area contributed by atoms with Crippen LogP contribution in [0.15, 0.2) is 17.0 Å². The van der Waals surface area contributed by atoms with Gasteiger partial charge in [-0.1, -0.05) is 23.2 Å². The summed E-state index contributed by atoms with van der Waals surface area (Å²) >= 11 is 11.6. The number of carboxylic acid groups (broad SMARTS) is 1. The summed E-state index contributed by atoms with van der Waals surface area (Å²) in [5.41, 5.74) is -0.385. The van der Waals surface area contributed by atoms with Crippen LogP contribution in [0.5, 0.6) is 0 Å². The van der Waals surface area contributed by atoms with E-state index in [9.17, 15) is 18.3 Å². The minimum Gasteiger partial charge on any atom is -0.545 e. The molecule has 0 radical (unpaired) electrons. The second-order valence-electron chi connectivity index (χ2n) is 4.16. The molecule has 1 aliphatic heterocycles. The molecule has 0 atom stereocenters. The number of benzene rings is 1. The highest BCUT2D eigenvalue weighted by molar-refractivity contribution is 7.89. The highest BCUT2D eigenvalue weighted by Gasteiger charge is 2.29. The highest BCUT2D eigenvalue weighted by Crippen LogP contribution is 2.31.